The van der Waals surface area contributed by atoms with Gasteiger partial charge in [0.25, 0.3) is 0 Å². The highest BCUT2D eigenvalue weighted by Gasteiger charge is 2.16. The third-order valence-corrected chi connectivity index (χ3v) is 6.20. The van der Waals surface area contributed by atoms with E-state index in [0.29, 0.717) is 6.54 Å². The van der Waals surface area contributed by atoms with Crippen molar-refractivity contribution in [2.75, 3.05) is 27.7 Å². The van der Waals surface area contributed by atoms with Crippen molar-refractivity contribution in [1.29, 1.82) is 0 Å². The predicted octanol–water partition coefficient (Wildman–Crippen LogP) is 2.46. The molecule has 2 rings (SSSR count). The van der Waals surface area contributed by atoms with Crippen LogP contribution in [0.25, 0.3) is 0 Å². The van der Waals surface area contributed by atoms with Crippen LogP contribution < -0.4 is 10.6 Å². The fourth-order valence-corrected chi connectivity index (χ4v) is 3.84. The van der Waals surface area contributed by atoms with Gasteiger partial charge in [0.2, 0.25) is 10.0 Å². The lowest BCUT2D eigenvalue weighted by atomic mass is 10.1. The zero-order valence-corrected chi connectivity index (χ0v) is 18.1. The molecule has 0 heterocycles. The van der Waals surface area contributed by atoms with Crippen LogP contribution >= 0.6 is 0 Å². The van der Waals surface area contributed by atoms with Crippen molar-refractivity contribution >= 4 is 16.0 Å². The summed E-state index contributed by atoms with van der Waals surface area (Å²) >= 11 is 0. The Balaban J connectivity index is 1.86. The zero-order chi connectivity index (χ0) is 20.7. The van der Waals surface area contributed by atoms with Gasteiger partial charge in [-0.25, -0.2) is 12.7 Å². The number of rotatable bonds is 7. The van der Waals surface area contributed by atoms with Crippen LogP contribution in [-0.2, 0) is 23.0 Å². The second-order valence-electron chi connectivity index (χ2n) is 7.03. The summed E-state index contributed by atoms with van der Waals surface area (Å²) in [5.41, 5.74) is 4.84. The van der Waals surface area contributed by atoms with Crippen molar-refractivity contribution in [2.45, 2.75) is 31.7 Å². The molecule has 0 saturated carbocycles. The van der Waals surface area contributed by atoms with Gasteiger partial charge in [0, 0.05) is 34.2 Å². The fraction of sp³-hybridized carbons (Fsp3) is 0.381. The molecule has 2 aromatic carbocycles. The number of nitrogens with zero attached hydrogens (tertiary/aromatic N) is 2. The maximum atomic E-state index is 12.1. The van der Waals surface area contributed by atoms with Crippen LogP contribution in [0.1, 0.15) is 22.3 Å². The molecular weight excluding hydrogens is 372 g/mol. The molecule has 0 aliphatic heterocycles. The van der Waals surface area contributed by atoms with E-state index in [1.807, 2.05) is 12.1 Å². The van der Waals surface area contributed by atoms with Gasteiger partial charge in [0.15, 0.2) is 5.96 Å². The Morgan fingerprint density at radius 3 is 2.11 bits per heavy atom. The molecule has 0 aliphatic rings. The smallest absolute Gasteiger partial charge is 0.242 e. The Bertz CT molecular complexity index is 900. The average molecular weight is 403 g/mol. The molecule has 7 heteroatoms. The van der Waals surface area contributed by atoms with E-state index in [4.69, 9.17) is 0 Å². The summed E-state index contributed by atoms with van der Waals surface area (Å²) in [6.07, 6.45) is 0.917. The average Bonchev–Trinajstić information content (AvgIpc) is 2.64. The maximum Gasteiger partial charge on any atom is 0.242 e. The third kappa shape index (κ3) is 6.07. The molecule has 0 saturated heterocycles. The monoisotopic (exact) mass is 402 g/mol. The number of hydrogen-bond acceptors (Lipinski definition) is 3. The fourth-order valence-electron chi connectivity index (χ4n) is 2.94. The molecule has 0 radical (unpaired) electrons. The van der Waals surface area contributed by atoms with Crippen LogP contribution in [0.3, 0.4) is 0 Å². The van der Waals surface area contributed by atoms with Crippen LogP contribution in [0.2, 0.25) is 0 Å². The van der Waals surface area contributed by atoms with Gasteiger partial charge < -0.3 is 10.6 Å². The van der Waals surface area contributed by atoms with Gasteiger partial charge in [-0.1, -0.05) is 41.5 Å². The lowest BCUT2D eigenvalue weighted by Crippen LogP contribution is -2.37. The predicted molar refractivity (Wildman–Crippen MR) is 115 cm³/mol. The largest absolute Gasteiger partial charge is 0.356 e. The Kier molecular flexibility index (Phi) is 7.60. The summed E-state index contributed by atoms with van der Waals surface area (Å²) < 4.78 is 25.4. The molecule has 0 aromatic heterocycles. The summed E-state index contributed by atoms with van der Waals surface area (Å²) in [6, 6.07) is 13.5. The van der Waals surface area contributed by atoms with E-state index in [9.17, 15) is 8.42 Å². The lowest BCUT2D eigenvalue weighted by Gasteiger charge is -2.14. The molecule has 2 N–H and O–H groups in total. The van der Waals surface area contributed by atoms with Crippen molar-refractivity contribution in [1.82, 2.24) is 14.9 Å². The van der Waals surface area contributed by atoms with Gasteiger partial charge in [-0.3, -0.25) is 4.99 Å². The minimum absolute atomic E-state index is 0.289. The van der Waals surface area contributed by atoms with E-state index in [1.54, 1.807) is 19.2 Å². The first-order valence-corrected chi connectivity index (χ1v) is 10.7. The van der Waals surface area contributed by atoms with Crippen LogP contribution in [0.4, 0.5) is 0 Å². The van der Waals surface area contributed by atoms with E-state index in [-0.39, 0.29) is 4.90 Å². The van der Waals surface area contributed by atoms with Gasteiger partial charge >= 0.3 is 0 Å². The highest BCUT2D eigenvalue weighted by Crippen LogP contribution is 2.14. The minimum atomic E-state index is -3.40. The van der Waals surface area contributed by atoms with E-state index in [0.717, 1.165) is 24.5 Å². The van der Waals surface area contributed by atoms with Crippen LogP contribution in [0.5, 0.6) is 0 Å². The number of aryl methyl sites for hydroxylation is 2. The maximum absolute atomic E-state index is 12.1. The Hall–Kier alpha value is -2.38. The van der Waals surface area contributed by atoms with E-state index in [1.165, 1.54) is 35.1 Å². The second kappa shape index (κ2) is 9.71. The van der Waals surface area contributed by atoms with Crippen LogP contribution in [0.15, 0.2) is 52.4 Å². The molecule has 0 aliphatic carbocycles. The molecule has 2 aromatic rings. The van der Waals surface area contributed by atoms with Gasteiger partial charge in [0.1, 0.15) is 0 Å². The summed E-state index contributed by atoms with van der Waals surface area (Å²) in [4.78, 5) is 4.53. The zero-order valence-electron chi connectivity index (χ0n) is 17.3. The first-order valence-electron chi connectivity index (χ1n) is 9.25. The van der Waals surface area contributed by atoms with Gasteiger partial charge in [-0.15, -0.1) is 0 Å². The third-order valence-electron chi connectivity index (χ3n) is 4.37. The summed E-state index contributed by atoms with van der Waals surface area (Å²) in [6.45, 7) is 5.56. The minimum Gasteiger partial charge on any atom is -0.356 e. The highest BCUT2D eigenvalue weighted by atomic mass is 32.2. The molecule has 152 valence electrons. The summed E-state index contributed by atoms with van der Waals surface area (Å²) in [5, 5.41) is 6.57. The molecule has 0 spiro atoms. The van der Waals surface area contributed by atoms with Crippen molar-refractivity contribution in [3.05, 3.63) is 64.7 Å². The van der Waals surface area contributed by atoms with E-state index < -0.39 is 10.0 Å². The van der Waals surface area contributed by atoms with Crippen molar-refractivity contribution < 1.29 is 8.42 Å². The van der Waals surface area contributed by atoms with Gasteiger partial charge in [-0.05, 0) is 43.5 Å². The SMILES string of the molecule is CN=C(NCCc1cc(C)cc(C)c1)NCc1ccc(S(=O)(=O)N(C)C)cc1. The number of guanidine groups is 1. The van der Waals surface area contributed by atoms with Gasteiger partial charge in [-0.2, -0.15) is 0 Å². The van der Waals surface area contributed by atoms with Crippen LogP contribution in [0, 0.1) is 13.8 Å². The number of hydrogen-bond donors (Lipinski definition) is 2. The molecule has 0 amide bonds. The van der Waals surface area contributed by atoms with Crippen molar-refractivity contribution in [3.8, 4) is 0 Å². The first-order chi connectivity index (χ1) is 13.2. The van der Waals surface area contributed by atoms with Crippen LogP contribution in [-0.4, -0.2) is 46.4 Å². The number of nitrogens with one attached hydrogen (secondary N) is 2. The number of benzene rings is 2. The molecular formula is C21H30N4O2S. The van der Waals surface area contributed by atoms with Crippen molar-refractivity contribution in [2.24, 2.45) is 4.99 Å². The van der Waals surface area contributed by atoms with E-state index >= 15 is 0 Å². The van der Waals surface area contributed by atoms with E-state index in [2.05, 4.69) is 47.7 Å². The number of sulfonamides is 1. The summed E-state index contributed by atoms with van der Waals surface area (Å²) in [5.74, 6) is 0.717. The molecule has 0 unspecified atom stereocenters. The quantitative estimate of drug-likeness (QED) is 0.551. The Labute approximate surface area is 168 Å². The topological polar surface area (TPSA) is 73.8 Å². The lowest BCUT2D eigenvalue weighted by molar-refractivity contribution is 0.520. The molecule has 6 nitrogen and oxygen atoms in total. The highest BCUT2D eigenvalue weighted by molar-refractivity contribution is 7.89. The van der Waals surface area contributed by atoms with Gasteiger partial charge in [0.05, 0.1) is 4.90 Å². The molecule has 0 atom stereocenters. The first kappa shape index (κ1) is 21.9. The Morgan fingerprint density at radius 2 is 1.57 bits per heavy atom. The number of aliphatic imine (C=N–C) groups is 1. The molecule has 0 fully saturated rings. The second-order valence-corrected chi connectivity index (χ2v) is 9.18. The molecule has 28 heavy (non-hydrogen) atoms. The normalized spacial score (nSPS) is 12.3. The standard InChI is InChI=1S/C21H30N4O2S/c1-16-12-17(2)14-19(13-16)10-11-23-21(22-3)24-15-18-6-8-20(9-7-18)28(26,27)25(4)5/h6-9,12-14H,10-11,15H2,1-5H3,(H2,22,23,24). The Morgan fingerprint density at radius 1 is 0.964 bits per heavy atom. The molecule has 0 bridgehead atoms. The summed E-state index contributed by atoms with van der Waals surface area (Å²) in [7, 11) is 1.39. The van der Waals surface area contributed by atoms with Crippen molar-refractivity contribution in [3.63, 3.8) is 0 Å².